The highest BCUT2D eigenvalue weighted by Crippen LogP contribution is 2.24. The van der Waals surface area contributed by atoms with Crippen LogP contribution in [0.4, 0.5) is 5.69 Å². The first-order chi connectivity index (χ1) is 9.43. The number of nitrogens with one attached hydrogen (secondary N) is 2. The topological polar surface area (TPSA) is 78.5 Å². The lowest BCUT2D eigenvalue weighted by atomic mass is 10.1. The molecule has 1 unspecified atom stereocenters. The molecule has 7 heteroatoms. The molecule has 1 aliphatic heterocycles. The predicted octanol–water partition coefficient (Wildman–Crippen LogP) is 0.627. The number of carbonyl (C=O) groups is 1. The molecule has 2 rings (SSSR count). The summed E-state index contributed by atoms with van der Waals surface area (Å²) in [4.78, 5) is 11.9. The molecule has 6 nitrogen and oxygen atoms in total. The molecule has 1 fully saturated rings. The summed E-state index contributed by atoms with van der Waals surface area (Å²) in [6, 6.07) is 6.25. The molecule has 0 spiro atoms. The summed E-state index contributed by atoms with van der Waals surface area (Å²) in [7, 11) is -0.566. The van der Waals surface area contributed by atoms with Gasteiger partial charge in [0.2, 0.25) is 15.9 Å². The zero-order chi connectivity index (χ0) is 14.8. The molecule has 0 bridgehead atoms. The normalized spacial score (nSPS) is 19.8. The van der Waals surface area contributed by atoms with E-state index < -0.39 is 10.0 Å². The molecule has 110 valence electrons. The Labute approximate surface area is 119 Å². The minimum atomic E-state index is -3.54. The summed E-state index contributed by atoms with van der Waals surface area (Å²) in [5.41, 5.74) is 0.461. The summed E-state index contributed by atoms with van der Waals surface area (Å²) in [5.74, 6) is -0.0895. The Hall–Kier alpha value is -1.60. The SMILES string of the molecule is CN(C)S(=O)(=O)c1ccccc1NC1CCCNC1=O. The Kier molecular flexibility index (Phi) is 4.29. The van der Waals surface area contributed by atoms with Gasteiger partial charge in [0, 0.05) is 20.6 Å². The van der Waals surface area contributed by atoms with Crippen LogP contribution in [0.2, 0.25) is 0 Å². The maximum Gasteiger partial charge on any atom is 0.244 e. The van der Waals surface area contributed by atoms with Crippen molar-refractivity contribution in [1.82, 2.24) is 9.62 Å². The maximum atomic E-state index is 12.3. The van der Waals surface area contributed by atoms with E-state index in [2.05, 4.69) is 10.6 Å². The standard InChI is InChI=1S/C13H19N3O3S/c1-16(2)20(18,19)12-8-4-3-6-10(12)15-11-7-5-9-14-13(11)17/h3-4,6,8,11,15H,5,7,9H2,1-2H3,(H,14,17). The molecule has 1 heterocycles. The quantitative estimate of drug-likeness (QED) is 0.854. The lowest BCUT2D eigenvalue weighted by Gasteiger charge is -2.25. The number of benzene rings is 1. The molecule has 1 aromatic carbocycles. The fourth-order valence-corrected chi connectivity index (χ4v) is 3.15. The van der Waals surface area contributed by atoms with Crippen LogP contribution < -0.4 is 10.6 Å². The fraction of sp³-hybridized carbons (Fsp3) is 0.462. The molecular formula is C13H19N3O3S. The van der Waals surface area contributed by atoms with Gasteiger partial charge >= 0.3 is 0 Å². The van der Waals surface area contributed by atoms with E-state index in [0.717, 1.165) is 10.7 Å². The summed E-state index contributed by atoms with van der Waals surface area (Å²) >= 11 is 0. The van der Waals surface area contributed by atoms with Crippen LogP contribution in [0.25, 0.3) is 0 Å². The molecule has 20 heavy (non-hydrogen) atoms. The van der Waals surface area contributed by atoms with Crippen LogP contribution in [-0.4, -0.2) is 45.3 Å². The van der Waals surface area contributed by atoms with Gasteiger partial charge in [-0.25, -0.2) is 12.7 Å². The van der Waals surface area contributed by atoms with Crippen molar-refractivity contribution >= 4 is 21.6 Å². The Bertz CT molecular complexity index is 599. The van der Waals surface area contributed by atoms with E-state index in [4.69, 9.17) is 0 Å². The molecule has 0 aliphatic carbocycles. The molecule has 0 radical (unpaired) electrons. The van der Waals surface area contributed by atoms with Crippen LogP contribution in [0.15, 0.2) is 29.2 Å². The van der Waals surface area contributed by atoms with E-state index in [1.807, 2.05) is 0 Å². The average molecular weight is 297 g/mol. The van der Waals surface area contributed by atoms with Gasteiger partial charge in [0.25, 0.3) is 0 Å². The second-order valence-corrected chi connectivity index (χ2v) is 7.03. The third kappa shape index (κ3) is 2.94. The van der Waals surface area contributed by atoms with Gasteiger partial charge in [-0.15, -0.1) is 0 Å². The van der Waals surface area contributed by atoms with Gasteiger partial charge in [-0.1, -0.05) is 12.1 Å². The third-order valence-corrected chi connectivity index (χ3v) is 5.13. The number of sulfonamides is 1. The molecule has 1 saturated heterocycles. The Balaban J connectivity index is 2.31. The molecule has 2 N–H and O–H groups in total. The first-order valence-corrected chi connectivity index (χ1v) is 7.93. The summed E-state index contributed by atoms with van der Waals surface area (Å²) in [6.07, 6.45) is 1.58. The zero-order valence-electron chi connectivity index (χ0n) is 11.6. The highest BCUT2D eigenvalue weighted by Gasteiger charge is 2.26. The largest absolute Gasteiger partial charge is 0.373 e. The third-order valence-electron chi connectivity index (χ3n) is 3.26. The van der Waals surface area contributed by atoms with Gasteiger partial charge in [0.05, 0.1) is 5.69 Å². The van der Waals surface area contributed by atoms with Gasteiger partial charge in [-0.3, -0.25) is 4.79 Å². The lowest BCUT2D eigenvalue weighted by Crippen LogP contribution is -2.44. The van der Waals surface area contributed by atoms with Crippen molar-refractivity contribution in [2.75, 3.05) is 26.0 Å². The van der Waals surface area contributed by atoms with E-state index in [0.29, 0.717) is 18.7 Å². The fourth-order valence-electron chi connectivity index (χ4n) is 2.11. The highest BCUT2D eigenvalue weighted by molar-refractivity contribution is 7.89. The number of para-hydroxylation sites is 1. The van der Waals surface area contributed by atoms with Crippen molar-refractivity contribution in [3.63, 3.8) is 0 Å². The van der Waals surface area contributed by atoms with Crippen LogP contribution in [0.1, 0.15) is 12.8 Å². The van der Waals surface area contributed by atoms with E-state index >= 15 is 0 Å². The molecule has 1 aliphatic rings. The molecule has 0 aromatic heterocycles. The second kappa shape index (κ2) is 5.80. The molecule has 1 aromatic rings. The molecule has 1 amide bonds. The van der Waals surface area contributed by atoms with Gasteiger partial charge in [0.15, 0.2) is 0 Å². The lowest BCUT2D eigenvalue weighted by molar-refractivity contribution is -0.123. The number of hydrogen-bond acceptors (Lipinski definition) is 4. The minimum absolute atomic E-state index is 0.0895. The zero-order valence-corrected chi connectivity index (χ0v) is 12.4. The first-order valence-electron chi connectivity index (χ1n) is 6.49. The summed E-state index contributed by atoms with van der Waals surface area (Å²) in [6.45, 7) is 0.675. The number of amides is 1. The number of piperidine rings is 1. The Morgan fingerprint density at radius 2 is 2.00 bits per heavy atom. The average Bonchev–Trinajstić information content (AvgIpc) is 2.41. The van der Waals surface area contributed by atoms with Gasteiger partial charge < -0.3 is 10.6 Å². The maximum absolute atomic E-state index is 12.3. The van der Waals surface area contributed by atoms with Gasteiger partial charge in [0.1, 0.15) is 10.9 Å². The van der Waals surface area contributed by atoms with Gasteiger partial charge in [-0.2, -0.15) is 0 Å². The monoisotopic (exact) mass is 297 g/mol. The summed E-state index contributed by atoms with van der Waals surface area (Å²) < 4.78 is 25.7. The van der Waals surface area contributed by atoms with Crippen LogP contribution >= 0.6 is 0 Å². The predicted molar refractivity (Wildman–Crippen MR) is 77.0 cm³/mol. The number of nitrogens with zero attached hydrogens (tertiary/aromatic N) is 1. The van der Waals surface area contributed by atoms with Crippen LogP contribution in [0.5, 0.6) is 0 Å². The van der Waals surface area contributed by atoms with Crippen molar-refractivity contribution in [3.05, 3.63) is 24.3 Å². The first kappa shape index (κ1) is 14.8. The van der Waals surface area contributed by atoms with Gasteiger partial charge in [-0.05, 0) is 25.0 Å². The molecule has 1 atom stereocenters. The van der Waals surface area contributed by atoms with Crippen molar-refractivity contribution in [2.24, 2.45) is 0 Å². The number of hydrogen-bond donors (Lipinski definition) is 2. The van der Waals surface area contributed by atoms with E-state index in [9.17, 15) is 13.2 Å². The minimum Gasteiger partial charge on any atom is -0.373 e. The Morgan fingerprint density at radius 3 is 2.65 bits per heavy atom. The molecular weight excluding hydrogens is 278 g/mol. The number of anilines is 1. The smallest absolute Gasteiger partial charge is 0.244 e. The number of rotatable bonds is 4. The van der Waals surface area contributed by atoms with Crippen LogP contribution in [0, 0.1) is 0 Å². The van der Waals surface area contributed by atoms with Crippen molar-refractivity contribution in [3.8, 4) is 0 Å². The van der Waals surface area contributed by atoms with Crippen molar-refractivity contribution < 1.29 is 13.2 Å². The van der Waals surface area contributed by atoms with E-state index in [1.165, 1.54) is 14.1 Å². The Morgan fingerprint density at radius 1 is 1.30 bits per heavy atom. The number of carbonyl (C=O) groups excluding carboxylic acids is 1. The second-order valence-electron chi connectivity index (χ2n) is 4.91. The summed E-state index contributed by atoms with van der Waals surface area (Å²) in [5, 5.41) is 5.81. The van der Waals surface area contributed by atoms with Crippen molar-refractivity contribution in [2.45, 2.75) is 23.8 Å². The van der Waals surface area contributed by atoms with Crippen molar-refractivity contribution in [1.29, 1.82) is 0 Å². The van der Waals surface area contributed by atoms with Crippen LogP contribution in [-0.2, 0) is 14.8 Å². The van der Waals surface area contributed by atoms with E-state index in [-0.39, 0.29) is 16.8 Å². The van der Waals surface area contributed by atoms with Crippen LogP contribution in [0.3, 0.4) is 0 Å². The van der Waals surface area contributed by atoms with E-state index in [1.54, 1.807) is 24.3 Å². The highest BCUT2D eigenvalue weighted by atomic mass is 32.2. The molecule has 0 saturated carbocycles.